The first-order valence-electron chi connectivity index (χ1n) is 8.90. The number of aliphatic hydroxyl groups is 1. The van der Waals surface area contributed by atoms with E-state index in [1.807, 2.05) is 0 Å². The molecule has 0 aliphatic rings. The molecule has 2 aromatic rings. The van der Waals surface area contributed by atoms with Crippen LogP contribution in [0.15, 0.2) is 42.5 Å². The van der Waals surface area contributed by atoms with Crippen molar-refractivity contribution in [1.82, 2.24) is 5.32 Å². The zero-order valence-electron chi connectivity index (χ0n) is 16.3. The average molecular weight is 426 g/mol. The highest BCUT2D eigenvalue weighted by Crippen LogP contribution is 2.26. The number of alkyl carbamates (subject to hydrolysis) is 1. The smallest absolute Gasteiger partial charge is 0.407 e. The van der Waals surface area contributed by atoms with Gasteiger partial charge in [0.1, 0.15) is 18.0 Å². The molecule has 0 heterocycles. The summed E-state index contributed by atoms with van der Waals surface area (Å²) in [7, 11) is 0. The molecule has 7 heteroatoms. The molecule has 2 N–H and O–H groups in total. The number of nitrogens with one attached hydrogen (secondary N) is 1. The predicted molar refractivity (Wildman–Crippen MR) is 111 cm³/mol. The van der Waals surface area contributed by atoms with E-state index in [1.54, 1.807) is 70.2 Å². The molecule has 5 nitrogen and oxygen atoms in total. The monoisotopic (exact) mass is 425 g/mol. The lowest BCUT2D eigenvalue weighted by atomic mass is 10.0. The third-order valence-corrected chi connectivity index (χ3v) is 4.59. The number of carbonyl (C=O) groups excluding carboxylic acids is 1. The molecule has 0 aliphatic carbocycles. The van der Waals surface area contributed by atoms with Gasteiger partial charge in [-0.15, -0.1) is 0 Å². The van der Waals surface area contributed by atoms with Crippen molar-refractivity contribution in [3.63, 3.8) is 0 Å². The summed E-state index contributed by atoms with van der Waals surface area (Å²) in [5.74, 6) is 0.611. The van der Waals surface area contributed by atoms with Crippen LogP contribution >= 0.6 is 23.2 Å². The lowest BCUT2D eigenvalue weighted by Gasteiger charge is -2.24. The number of hydrogen-bond donors (Lipinski definition) is 2. The average Bonchev–Trinajstić information content (AvgIpc) is 2.59. The van der Waals surface area contributed by atoms with E-state index in [-0.39, 0.29) is 6.61 Å². The number of amides is 1. The molecule has 28 heavy (non-hydrogen) atoms. The van der Waals surface area contributed by atoms with Gasteiger partial charge in [-0.1, -0.05) is 41.4 Å². The Morgan fingerprint density at radius 1 is 1.11 bits per heavy atom. The van der Waals surface area contributed by atoms with Crippen molar-refractivity contribution >= 4 is 29.3 Å². The molecule has 0 fully saturated rings. The molecule has 2 rings (SSSR count). The van der Waals surface area contributed by atoms with Gasteiger partial charge < -0.3 is 19.9 Å². The summed E-state index contributed by atoms with van der Waals surface area (Å²) in [4.78, 5) is 11.8. The van der Waals surface area contributed by atoms with Crippen molar-refractivity contribution in [3.05, 3.63) is 63.6 Å². The van der Waals surface area contributed by atoms with E-state index < -0.39 is 23.8 Å². The van der Waals surface area contributed by atoms with E-state index in [4.69, 9.17) is 32.7 Å². The number of rotatable bonds is 6. The van der Waals surface area contributed by atoms with Crippen LogP contribution in [0.5, 0.6) is 5.75 Å². The predicted octanol–water partition coefficient (Wildman–Crippen LogP) is 5.52. The number of ether oxygens (including phenoxy) is 2. The quantitative estimate of drug-likeness (QED) is 0.639. The molecule has 0 bridgehead atoms. The van der Waals surface area contributed by atoms with Crippen LogP contribution in [0, 0.1) is 0 Å². The van der Waals surface area contributed by atoms with E-state index in [0.29, 0.717) is 26.9 Å². The highest BCUT2D eigenvalue weighted by Gasteiger charge is 2.22. The normalized spacial score (nSPS) is 13.5. The number of benzene rings is 2. The minimum Gasteiger partial charge on any atom is -0.489 e. The van der Waals surface area contributed by atoms with E-state index in [1.165, 1.54) is 0 Å². The minimum absolute atomic E-state index is 0.233. The van der Waals surface area contributed by atoms with Crippen molar-refractivity contribution in [2.45, 2.75) is 52.0 Å². The van der Waals surface area contributed by atoms with Crippen molar-refractivity contribution in [3.8, 4) is 5.75 Å². The Kier molecular flexibility index (Phi) is 7.58. The molecule has 0 aromatic heterocycles. The van der Waals surface area contributed by atoms with Gasteiger partial charge in [0.05, 0.1) is 12.1 Å². The van der Waals surface area contributed by atoms with Gasteiger partial charge in [0, 0.05) is 15.6 Å². The Bertz CT molecular complexity index is 783. The zero-order valence-corrected chi connectivity index (χ0v) is 17.8. The molecule has 152 valence electrons. The van der Waals surface area contributed by atoms with Gasteiger partial charge in [0.2, 0.25) is 0 Å². The Hall–Kier alpha value is -1.95. The van der Waals surface area contributed by atoms with Crippen LogP contribution in [0.2, 0.25) is 10.0 Å². The first-order chi connectivity index (χ1) is 13.1. The second-order valence-corrected chi connectivity index (χ2v) is 8.25. The van der Waals surface area contributed by atoms with Gasteiger partial charge in [0.25, 0.3) is 0 Å². The molecular formula is C21H25Cl2NO4. The van der Waals surface area contributed by atoms with Crippen molar-refractivity contribution in [2.75, 3.05) is 0 Å². The molecule has 2 atom stereocenters. The highest BCUT2D eigenvalue weighted by molar-refractivity contribution is 6.35. The first-order valence-corrected chi connectivity index (χ1v) is 9.65. The van der Waals surface area contributed by atoms with E-state index in [9.17, 15) is 9.90 Å². The maximum atomic E-state index is 11.8. The summed E-state index contributed by atoms with van der Waals surface area (Å²) in [5, 5.41) is 14.2. The molecule has 0 saturated carbocycles. The second kappa shape index (κ2) is 9.50. The first kappa shape index (κ1) is 22.3. The Morgan fingerprint density at radius 2 is 1.68 bits per heavy atom. The largest absolute Gasteiger partial charge is 0.489 e. The summed E-state index contributed by atoms with van der Waals surface area (Å²) < 4.78 is 10.9. The Balaban J connectivity index is 1.95. The maximum absolute atomic E-state index is 11.8. The third-order valence-electron chi connectivity index (χ3n) is 3.88. The standard InChI is InChI=1S/C21H25Cl2NO4/c1-13(24-20(26)28-21(2,3)4)19(25)14-8-10-15(11-9-14)27-12-16-17(22)6-5-7-18(16)23/h5-11,13,19,25H,12H2,1-4H3,(H,24,26)/t13-,19?/m0/s1. The van der Waals surface area contributed by atoms with Gasteiger partial charge in [-0.05, 0) is 57.5 Å². The van der Waals surface area contributed by atoms with Gasteiger partial charge in [-0.25, -0.2) is 4.79 Å². The highest BCUT2D eigenvalue weighted by atomic mass is 35.5. The molecular weight excluding hydrogens is 401 g/mol. The van der Waals surface area contributed by atoms with E-state index in [0.717, 1.165) is 0 Å². The molecule has 0 saturated heterocycles. The van der Waals surface area contributed by atoms with Crippen LogP contribution in [-0.2, 0) is 11.3 Å². The molecule has 1 unspecified atom stereocenters. The summed E-state index contributed by atoms with van der Waals surface area (Å²) >= 11 is 12.3. The maximum Gasteiger partial charge on any atom is 0.407 e. The fourth-order valence-electron chi connectivity index (χ4n) is 2.45. The van der Waals surface area contributed by atoms with Gasteiger partial charge in [-0.2, -0.15) is 0 Å². The number of aliphatic hydroxyl groups excluding tert-OH is 1. The third kappa shape index (κ3) is 6.59. The summed E-state index contributed by atoms with van der Waals surface area (Å²) in [6.45, 7) is 7.28. The van der Waals surface area contributed by atoms with Crippen LogP contribution in [0.25, 0.3) is 0 Å². The van der Waals surface area contributed by atoms with Crippen LogP contribution in [0.3, 0.4) is 0 Å². The lowest BCUT2D eigenvalue weighted by Crippen LogP contribution is -2.40. The van der Waals surface area contributed by atoms with Gasteiger partial charge in [0.15, 0.2) is 0 Å². The van der Waals surface area contributed by atoms with Crippen LogP contribution in [-0.4, -0.2) is 22.8 Å². The van der Waals surface area contributed by atoms with Crippen molar-refractivity contribution in [1.29, 1.82) is 0 Å². The lowest BCUT2D eigenvalue weighted by molar-refractivity contribution is 0.0435. The number of carbonyl (C=O) groups is 1. The molecule has 0 aliphatic heterocycles. The summed E-state index contributed by atoms with van der Waals surface area (Å²) in [5.41, 5.74) is 0.759. The molecule has 2 aromatic carbocycles. The van der Waals surface area contributed by atoms with Crippen LogP contribution in [0.1, 0.15) is 44.9 Å². The van der Waals surface area contributed by atoms with Crippen LogP contribution < -0.4 is 10.1 Å². The van der Waals surface area contributed by atoms with Crippen molar-refractivity contribution in [2.24, 2.45) is 0 Å². The van der Waals surface area contributed by atoms with Crippen molar-refractivity contribution < 1.29 is 19.4 Å². The number of hydrogen-bond acceptors (Lipinski definition) is 4. The Labute approximate surface area is 175 Å². The Morgan fingerprint density at radius 3 is 2.21 bits per heavy atom. The fourth-order valence-corrected chi connectivity index (χ4v) is 2.95. The molecule has 1 amide bonds. The molecule has 0 spiro atoms. The van der Waals surface area contributed by atoms with E-state index in [2.05, 4.69) is 5.32 Å². The molecule has 0 radical (unpaired) electrons. The second-order valence-electron chi connectivity index (χ2n) is 7.44. The fraction of sp³-hybridized carbons (Fsp3) is 0.381. The summed E-state index contributed by atoms with van der Waals surface area (Å²) in [6, 6.07) is 11.7. The van der Waals surface area contributed by atoms with Gasteiger partial charge >= 0.3 is 6.09 Å². The van der Waals surface area contributed by atoms with Gasteiger partial charge in [-0.3, -0.25) is 0 Å². The summed E-state index contributed by atoms with van der Waals surface area (Å²) in [6.07, 6.45) is -1.46. The van der Waals surface area contributed by atoms with E-state index >= 15 is 0 Å². The number of halogens is 2. The topological polar surface area (TPSA) is 67.8 Å². The zero-order chi connectivity index (χ0) is 20.9. The minimum atomic E-state index is -0.889. The van der Waals surface area contributed by atoms with Crippen LogP contribution in [0.4, 0.5) is 4.79 Å². The SMILES string of the molecule is C[C@H](NC(=O)OC(C)(C)C)C(O)c1ccc(OCc2c(Cl)cccc2Cl)cc1.